The van der Waals surface area contributed by atoms with Crippen LogP contribution in [-0.4, -0.2) is 33.2 Å². The summed E-state index contributed by atoms with van der Waals surface area (Å²) in [5.74, 6) is 0.142. The lowest BCUT2D eigenvalue weighted by molar-refractivity contribution is -0.138. The molecule has 0 saturated carbocycles. The molecule has 2 aromatic heterocycles. The number of rotatable bonds is 6. The summed E-state index contributed by atoms with van der Waals surface area (Å²) in [5, 5.41) is 18.9. The van der Waals surface area contributed by atoms with Crippen molar-refractivity contribution in [3.63, 3.8) is 0 Å². The van der Waals surface area contributed by atoms with Crippen molar-refractivity contribution >= 4 is 0 Å². The van der Waals surface area contributed by atoms with Gasteiger partial charge in [-0.05, 0) is 36.8 Å². The van der Waals surface area contributed by atoms with E-state index >= 15 is 0 Å². The van der Waals surface area contributed by atoms with Crippen molar-refractivity contribution < 1.29 is 31.1 Å². The van der Waals surface area contributed by atoms with Gasteiger partial charge in [0, 0.05) is 23.7 Å². The molecule has 31 heavy (non-hydrogen) atoms. The topological polar surface area (TPSA) is 87.5 Å². The fraction of sp³-hybridized carbons (Fsp3) is 0.263. The highest BCUT2D eigenvalue weighted by Crippen LogP contribution is 2.33. The standard InChI is InChI=1S/C19H13F6N5O/c20-18(21,22)4-1-5-31-14-7-11(15-3-2-13(10-27-15)19(23,24)25)6-12(8-14)17-16(9-26)28-30-29-17/h2-3,6-8,10H,1,4-5H2,(H,28,29,30). The number of alkyl halides is 6. The van der Waals surface area contributed by atoms with Crippen molar-refractivity contribution in [1.82, 2.24) is 20.4 Å². The van der Waals surface area contributed by atoms with E-state index in [4.69, 9.17) is 10.00 Å². The maximum Gasteiger partial charge on any atom is 0.417 e. The van der Waals surface area contributed by atoms with Crippen LogP contribution in [0.4, 0.5) is 26.3 Å². The molecule has 0 saturated heterocycles. The number of nitrogens with zero attached hydrogens (tertiary/aromatic N) is 4. The number of pyridine rings is 1. The van der Waals surface area contributed by atoms with Crippen LogP contribution in [0.1, 0.15) is 24.1 Å². The molecule has 12 heteroatoms. The van der Waals surface area contributed by atoms with Gasteiger partial charge in [-0.15, -0.1) is 5.10 Å². The van der Waals surface area contributed by atoms with E-state index in [1.165, 1.54) is 18.2 Å². The average Bonchev–Trinajstić information content (AvgIpc) is 3.19. The van der Waals surface area contributed by atoms with Crippen LogP contribution in [0.5, 0.6) is 5.75 Å². The molecule has 0 spiro atoms. The minimum Gasteiger partial charge on any atom is -0.494 e. The molecule has 1 aromatic carbocycles. The largest absolute Gasteiger partial charge is 0.494 e. The Bertz CT molecular complexity index is 1080. The van der Waals surface area contributed by atoms with Gasteiger partial charge in [-0.2, -0.15) is 31.6 Å². The predicted octanol–water partition coefficient (Wildman–Crippen LogP) is 5.15. The molecular weight excluding hydrogens is 428 g/mol. The van der Waals surface area contributed by atoms with Crippen LogP contribution in [-0.2, 0) is 6.18 Å². The number of ether oxygens (including phenoxy) is 1. The van der Waals surface area contributed by atoms with Crippen LogP contribution in [0.25, 0.3) is 22.5 Å². The Labute approximate surface area is 171 Å². The third-order valence-electron chi connectivity index (χ3n) is 4.10. The molecule has 0 aliphatic heterocycles. The van der Waals surface area contributed by atoms with Gasteiger partial charge in [-0.3, -0.25) is 4.98 Å². The number of nitriles is 1. The molecule has 0 aliphatic rings. The van der Waals surface area contributed by atoms with E-state index in [-0.39, 0.29) is 35.9 Å². The second kappa shape index (κ2) is 8.63. The monoisotopic (exact) mass is 441 g/mol. The fourth-order valence-corrected chi connectivity index (χ4v) is 2.67. The molecule has 2 heterocycles. The summed E-state index contributed by atoms with van der Waals surface area (Å²) in [6.45, 7) is -0.243. The van der Waals surface area contributed by atoms with Crippen LogP contribution in [0.3, 0.4) is 0 Å². The van der Waals surface area contributed by atoms with Gasteiger partial charge in [0.15, 0.2) is 5.69 Å². The third-order valence-corrected chi connectivity index (χ3v) is 4.10. The van der Waals surface area contributed by atoms with Crippen molar-refractivity contribution in [3.8, 4) is 34.3 Å². The second-order valence-electron chi connectivity index (χ2n) is 6.39. The van der Waals surface area contributed by atoms with Gasteiger partial charge in [-0.1, -0.05) is 5.21 Å². The molecular formula is C19H13F6N5O. The zero-order chi connectivity index (χ0) is 22.6. The van der Waals surface area contributed by atoms with E-state index in [0.717, 1.165) is 12.1 Å². The molecule has 0 fully saturated rings. The SMILES string of the molecule is N#Cc1[nH]nnc1-c1cc(OCCCC(F)(F)F)cc(-c2ccc(C(F)(F)F)cn2)c1. The molecule has 0 bridgehead atoms. The minimum atomic E-state index is -4.55. The van der Waals surface area contributed by atoms with Crippen LogP contribution in [0, 0.1) is 11.3 Å². The molecule has 162 valence electrons. The highest BCUT2D eigenvalue weighted by Gasteiger charge is 2.30. The van der Waals surface area contributed by atoms with E-state index < -0.39 is 24.3 Å². The molecule has 3 aromatic rings. The van der Waals surface area contributed by atoms with Crippen molar-refractivity contribution in [2.45, 2.75) is 25.2 Å². The smallest absolute Gasteiger partial charge is 0.417 e. The summed E-state index contributed by atoms with van der Waals surface area (Å²) in [4.78, 5) is 3.82. The van der Waals surface area contributed by atoms with Crippen molar-refractivity contribution in [2.75, 3.05) is 6.61 Å². The number of hydrogen-bond acceptors (Lipinski definition) is 5. The number of hydrogen-bond donors (Lipinski definition) is 1. The molecule has 0 unspecified atom stereocenters. The van der Waals surface area contributed by atoms with Gasteiger partial charge in [-0.25, -0.2) is 5.10 Å². The number of nitrogens with one attached hydrogen (secondary N) is 1. The highest BCUT2D eigenvalue weighted by molar-refractivity contribution is 5.74. The van der Waals surface area contributed by atoms with Gasteiger partial charge in [0.2, 0.25) is 0 Å². The van der Waals surface area contributed by atoms with E-state index in [1.807, 2.05) is 6.07 Å². The Hall–Kier alpha value is -3.62. The minimum absolute atomic E-state index is 0.0283. The predicted molar refractivity (Wildman–Crippen MR) is 95.6 cm³/mol. The maximum absolute atomic E-state index is 12.8. The molecule has 6 nitrogen and oxygen atoms in total. The summed E-state index contributed by atoms with van der Waals surface area (Å²) in [5.41, 5.74) is 0.0625. The zero-order valence-electron chi connectivity index (χ0n) is 15.6. The van der Waals surface area contributed by atoms with Crippen LogP contribution >= 0.6 is 0 Å². The Balaban J connectivity index is 1.94. The molecule has 3 rings (SSSR count). The Kier molecular flexibility index (Phi) is 6.14. The number of aromatic amines is 1. The van der Waals surface area contributed by atoms with Crippen LogP contribution < -0.4 is 4.74 Å². The normalized spacial score (nSPS) is 11.9. The van der Waals surface area contributed by atoms with Gasteiger partial charge in [0.1, 0.15) is 17.5 Å². The lowest BCUT2D eigenvalue weighted by Crippen LogP contribution is -2.09. The summed E-state index contributed by atoms with van der Waals surface area (Å²) in [6.07, 6.45) is -9.51. The molecule has 0 atom stereocenters. The first kappa shape index (κ1) is 22.1. The number of H-pyrrole nitrogens is 1. The van der Waals surface area contributed by atoms with Gasteiger partial charge in [0.05, 0.1) is 17.9 Å². The van der Waals surface area contributed by atoms with Gasteiger partial charge < -0.3 is 4.74 Å². The fourth-order valence-electron chi connectivity index (χ4n) is 2.67. The van der Waals surface area contributed by atoms with Crippen molar-refractivity contribution in [2.24, 2.45) is 0 Å². The van der Waals surface area contributed by atoms with E-state index in [1.54, 1.807) is 0 Å². The van der Waals surface area contributed by atoms with E-state index in [9.17, 15) is 26.3 Å². The first-order valence-corrected chi connectivity index (χ1v) is 8.76. The van der Waals surface area contributed by atoms with Crippen molar-refractivity contribution in [3.05, 3.63) is 47.8 Å². The molecule has 0 amide bonds. The molecule has 0 radical (unpaired) electrons. The number of aromatic nitrogens is 4. The maximum atomic E-state index is 12.8. The van der Waals surface area contributed by atoms with Crippen LogP contribution in [0.2, 0.25) is 0 Å². The third kappa shape index (κ3) is 5.71. The summed E-state index contributed by atoms with van der Waals surface area (Å²) in [7, 11) is 0. The number of halogens is 6. The Morgan fingerprint density at radius 1 is 1.03 bits per heavy atom. The Morgan fingerprint density at radius 3 is 2.39 bits per heavy atom. The van der Waals surface area contributed by atoms with Crippen LogP contribution in [0.15, 0.2) is 36.5 Å². The first-order chi connectivity index (χ1) is 14.6. The number of benzene rings is 1. The molecule has 1 N–H and O–H groups in total. The zero-order valence-corrected chi connectivity index (χ0v) is 15.6. The van der Waals surface area contributed by atoms with Gasteiger partial charge >= 0.3 is 12.4 Å². The van der Waals surface area contributed by atoms with E-state index in [2.05, 4.69) is 20.4 Å². The molecule has 0 aliphatic carbocycles. The summed E-state index contributed by atoms with van der Waals surface area (Å²) in [6, 6.07) is 8.26. The average molecular weight is 441 g/mol. The lowest BCUT2D eigenvalue weighted by Gasteiger charge is -2.12. The van der Waals surface area contributed by atoms with Gasteiger partial charge in [0.25, 0.3) is 0 Å². The Morgan fingerprint density at radius 2 is 1.77 bits per heavy atom. The second-order valence-corrected chi connectivity index (χ2v) is 6.39. The quantitative estimate of drug-likeness (QED) is 0.423. The van der Waals surface area contributed by atoms with Crippen molar-refractivity contribution in [1.29, 1.82) is 5.26 Å². The summed E-state index contributed by atoms with van der Waals surface area (Å²) >= 11 is 0. The lowest BCUT2D eigenvalue weighted by atomic mass is 10.0. The first-order valence-electron chi connectivity index (χ1n) is 8.76. The highest BCUT2D eigenvalue weighted by atomic mass is 19.4. The van der Waals surface area contributed by atoms with E-state index in [0.29, 0.717) is 17.3 Å². The summed E-state index contributed by atoms with van der Waals surface area (Å²) < 4.78 is 80.7.